The summed E-state index contributed by atoms with van der Waals surface area (Å²) in [5, 5.41) is 43.3. The second-order valence-corrected chi connectivity index (χ2v) is 37.9. The van der Waals surface area contributed by atoms with Crippen molar-refractivity contribution in [2.24, 2.45) is 16.2 Å². The Kier molecular flexibility index (Phi) is 79.7. The van der Waals surface area contributed by atoms with E-state index in [-0.39, 0.29) is 130 Å². The summed E-state index contributed by atoms with van der Waals surface area (Å²) >= 11 is -1.42. The third-order valence-electron chi connectivity index (χ3n) is 16.7. The molecule has 0 aliphatic heterocycles. The molecule has 61 heteroatoms. The van der Waals surface area contributed by atoms with Gasteiger partial charge in [-0.2, -0.15) is 0 Å². The minimum atomic E-state index is -2.34. The van der Waals surface area contributed by atoms with Crippen molar-refractivity contribution in [1.29, 1.82) is 0 Å². The van der Waals surface area contributed by atoms with Crippen LogP contribution in [0.2, 0.25) is 0 Å². The van der Waals surface area contributed by atoms with Crippen LogP contribution in [-0.4, -0.2) is 235 Å². The van der Waals surface area contributed by atoms with Crippen molar-refractivity contribution in [3.8, 4) is 23.0 Å². The smallest absolute Gasteiger partial charge is 0.870 e. The van der Waals surface area contributed by atoms with Crippen LogP contribution in [0.1, 0.15) is 160 Å². The number of carbonyl (C=O) groups is 20. The zero-order chi connectivity index (χ0) is 100. The van der Waals surface area contributed by atoms with E-state index in [2.05, 4.69) is 15.6 Å². The summed E-state index contributed by atoms with van der Waals surface area (Å²) in [5.74, 6) is -25.0. The first kappa shape index (κ1) is 146. The van der Waals surface area contributed by atoms with Crippen molar-refractivity contribution in [3.05, 3.63) is 131 Å². The molecule has 1 unspecified atom stereocenters. The molecule has 52 nitrogen and oxygen atoms in total. The molecule has 0 bridgehead atoms. The van der Waals surface area contributed by atoms with E-state index in [0.717, 1.165) is 55.4 Å². The molecular weight excluding hydrogens is 2580 g/mol. The number of carbonyl (C=O) groups excluding carboxylic acids is 20. The van der Waals surface area contributed by atoms with E-state index in [4.69, 9.17) is 132 Å². The number of para-hydroxylation sites is 4. The van der Waals surface area contributed by atoms with Crippen molar-refractivity contribution in [1.82, 2.24) is 57.2 Å². The van der Waals surface area contributed by atoms with Gasteiger partial charge >= 0.3 is 201 Å². The van der Waals surface area contributed by atoms with Gasteiger partial charge in [-0.3, -0.25) is 62.2 Å². The Labute approximate surface area is 860 Å². The average Bonchev–Trinajstić information content (AvgIpc) is 1.05. The maximum absolute atomic E-state index is 14.8. The summed E-state index contributed by atoms with van der Waals surface area (Å²) in [6.07, 6.45) is -6.81. The zero-order valence-electron chi connectivity index (χ0n) is 77.0. The van der Waals surface area contributed by atoms with Crippen LogP contribution in [0, 0.1) is 16.2 Å². The number of nitrogens with zero attached hydrogens (tertiary/aromatic N) is 3. The summed E-state index contributed by atoms with van der Waals surface area (Å²) in [6.45, 7) is -1.52. The monoisotopic (exact) mass is 2690 g/mol. The third-order valence-corrected chi connectivity index (χ3v) is 16.7. The number of hydrogen-bond acceptors (Lipinski definition) is 50. The SMILES string of the molecule is CC(=O)Oc1ccccc1C(=O)OCC(C)(COC(=O)c1ccccc1OC(C)=O)C(=O)OCC(C)(COC(=O)C(C)(COC(=O)c1ccccc1OC(C)=O)COC(=O)c1ccccc1OC(C)=O)C(=O)OCCc1cn(CCCOC(=O)C(C)OC(=O)CCC(=O)NC(COC(=O)CCC(=O)[O-])(COC(=O)CCC(=O)[O-])COC(=O)CCC(=O)[O-])nn1.N.N.N.N.N.N.[Cl][Pt+2][Cl].[Cl][Pt+2][Cl].[Cl][Pt+2][Cl].[OH-].[OH-].[OH-]. The Hall–Kier alpha value is -11.1. The van der Waals surface area contributed by atoms with Gasteiger partial charge in [-0.15, -0.1) is 5.10 Å². The summed E-state index contributed by atoms with van der Waals surface area (Å²) in [7, 11) is 29.2. The van der Waals surface area contributed by atoms with Gasteiger partial charge in [-0.25, -0.2) is 24.0 Å². The molecule has 0 saturated carbocycles. The molecule has 4 aromatic carbocycles. The van der Waals surface area contributed by atoms with E-state index < -0.39 is 314 Å². The number of rotatable bonds is 51. The molecule has 1 amide bonds. The number of aliphatic carboxylic acids is 3. The molecule has 142 heavy (non-hydrogen) atoms. The number of carboxylic acid groups (broad SMARTS) is 3. The van der Waals surface area contributed by atoms with E-state index in [0.29, 0.717) is 0 Å². The van der Waals surface area contributed by atoms with Crippen LogP contribution >= 0.6 is 56.5 Å². The van der Waals surface area contributed by atoms with Gasteiger partial charge in [0, 0.05) is 77.6 Å². The van der Waals surface area contributed by atoms with Gasteiger partial charge < -0.3 is 164 Å². The maximum atomic E-state index is 14.8. The van der Waals surface area contributed by atoms with Gasteiger partial charge in [0.15, 0.2) is 6.10 Å². The van der Waals surface area contributed by atoms with Gasteiger partial charge in [0.1, 0.15) is 126 Å². The predicted molar refractivity (Wildman–Crippen MR) is 471 cm³/mol. The van der Waals surface area contributed by atoms with Gasteiger partial charge in [0.05, 0.1) is 44.6 Å². The molecule has 1 heterocycles. The maximum Gasteiger partial charge on any atom is -0.870 e. The topological polar surface area (TPSA) is 901 Å². The van der Waals surface area contributed by atoms with Crippen LogP contribution in [0.25, 0.3) is 0 Å². The number of esters is 16. The molecule has 0 aliphatic rings. The van der Waals surface area contributed by atoms with Crippen molar-refractivity contribution < 1.29 is 253 Å². The fourth-order valence-electron chi connectivity index (χ4n) is 10.1. The van der Waals surface area contributed by atoms with Gasteiger partial charge in [0.25, 0.3) is 0 Å². The van der Waals surface area contributed by atoms with E-state index in [1.165, 1.54) is 108 Å². The summed E-state index contributed by atoms with van der Waals surface area (Å²) in [6, 6.07) is 21.3. The standard InChI is InChI=1S/C81H90N4O39.6ClH.6H3N.3H2O.3Pt/c1-48(120-69(100)30-26-62(90)82-81(45-111-66(97)31-27-63(91)92,46-112-67(98)32-28-64(93)94)47-113-68(99)33-29-65(95)96)70(101)109-36-17-35-85-38-53(83-84-85)34-37-110-75(106)80(8,43-118-76(107)78(6,39-114-71(102)54-18-9-13-22-58(54)121-49(2)86)40-115-72(103)55-19-10-14-23-59(55)122-50(3)87)44-119-77(108)79(7,41-116-73(104)56-20-11-15-24-60(56)123-51(4)88)42-117-74(105)57-21-12-16-25-61(57)124-52(5)89;;;;;;;;;;;;;;;;;;/h9-16,18-25,38,48H,17,26-37,39-47H2,1-8H3,(H,82,90)(H,91,92)(H,93,94)(H,95,96);6*1H;6*1H3;3*1H2;;;/q;;;;;;;;;;;;;;;;3*+4/p-12. The Morgan fingerprint density at radius 1 is 0.373 bits per heavy atom. The van der Waals surface area contributed by atoms with E-state index in [1.54, 1.807) is 0 Å². The van der Waals surface area contributed by atoms with Gasteiger partial charge in [0.2, 0.25) is 5.91 Å². The van der Waals surface area contributed by atoms with Crippen molar-refractivity contribution >= 4 is 176 Å². The number of nitrogens with one attached hydrogen (secondary N) is 1. The Bertz CT molecular complexity index is 4480. The predicted octanol–water partition coefficient (Wildman–Crippen LogP) is 4.89. The van der Waals surface area contributed by atoms with Crippen LogP contribution in [0.4, 0.5) is 0 Å². The van der Waals surface area contributed by atoms with Crippen LogP contribution in [0.5, 0.6) is 23.0 Å². The summed E-state index contributed by atoms with van der Waals surface area (Å²) in [4.78, 5) is 257. The number of carboxylic acids is 3. The fraction of sp³-hybridized carbons (Fsp3) is 0.432. The summed E-state index contributed by atoms with van der Waals surface area (Å²) in [5.41, 5.74) is -10.2. The molecule has 22 N–H and O–H groups in total. The van der Waals surface area contributed by atoms with Crippen molar-refractivity contribution in [2.75, 3.05) is 72.7 Å². The summed E-state index contributed by atoms with van der Waals surface area (Å²) < 4.78 is 87.1. The molecule has 5 aromatic rings. The van der Waals surface area contributed by atoms with Crippen LogP contribution < -0.4 is 76.5 Å². The number of ether oxygens (including phenoxy) is 16. The number of amides is 1. The minimum Gasteiger partial charge on any atom is -0.870 e. The molecule has 0 aliphatic carbocycles. The molecule has 806 valence electrons. The molecule has 1 atom stereocenters. The van der Waals surface area contributed by atoms with Gasteiger partial charge in [-0.1, -0.05) is 53.7 Å². The molecule has 0 saturated heterocycles. The van der Waals surface area contributed by atoms with E-state index in [9.17, 15) is 111 Å². The third kappa shape index (κ3) is 57.2. The number of aromatic nitrogens is 3. The number of benzene rings is 4. The van der Waals surface area contributed by atoms with Crippen LogP contribution in [-0.2, 0) is 196 Å². The second kappa shape index (κ2) is 77.5. The minimum absolute atomic E-state index is 0. The molecule has 0 radical (unpaired) electrons. The molecule has 0 fully saturated rings. The normalized spacial score (nSPS) is 10.4. The largest absolute Gasteiger partial charge is 0.870 e. The second-order valence-electron chi connectivity index (χ2n) is 28.1. The quantitative estimate of drug-likeness (QED) is 0.0118. The molecule has 5 rings (SSSR count). The molecular formula is C81H108Cl6N10O42Pt3. The van der Waals surface area contributed by atoms with E-state index >= 15 is 0 Å². The van der Waals surface area contributed by atoms with E-state index in [1.807, 2.05) is 0 Å². The van der Waals surface area contributed by atoms with Crippen LogP contribution in [0.3, 0.4) is 0 Å². The number of hydrogen-bond donors (Lipinski definition) is 7. The molecule has 1 aromatic heterocycles. The first-order valence-corrected chi connectivity index (χ1v) is 55.1. The van der Waals surface area contributed by atoms with Gasteiger partial charge in [-0.05, 0) is 95.5 Å². The number of halogens is 6. The first-order valence-electron chi connectivity index (χ1n) is 38.2. The number of aryl methyl sites for hydroxylation is 1. The Balaban J connectivity index is -0.00000160. The molecule has 0 spiro atoms. The Morgan fingerprint density at radius 3 is 0.937 bits per heavy atom. The Morgan fingerprint density at radius 2 is 0.648 bits per heavy atom. The van der Waals surface area contributed by atoms with Crippen molar-refractivity contribution in [3.63, 3.8) is 0 Å². The zero-order valence-corrected chi connectivity index (χ0v) is 88.4. The van der Waals surface area contributed by atoms with Crippen molar-refractivity contribution in [2.45, 2.75) is 138 Å². The first-order chi connectivity index (χ1) is 62.8. The average molecular weight is 2690 g/mol. The van der Waals surface area contributed by atoms with Crippen LogP contribution in [0.15, 0.2) is 103 Å². The fourth-order valence-corrected chi connectivity index (χ4v) is 10.1.